The number of carbonyl (C=O) groups is 2. The molecule has 1 aliphatic rings. The summed E-state index contributed by atoms with van der Waals surface area (Å²) in [5, 5.41) is 3.13. The van der Waals surface area contributed by atoms with Crippen molar-refractivity contribution in [2.75, 3.05) is 6.54 Å². The molecule has 0 radical (unpaired) electrons. The van der Waals surface area contributed by atoms with Gasteiger partial charge in [0.15, 0.2) is 0 Å². The first kappa shape index (κ1) is 19.2. The predicted octanol–water partition coefficient (Wildman–Crippen LogP) is 3.43. The molecule has 0 saturated carbocycles. The van der Waals surface area contributed by atoms with Crippen LogP contribution in [0, 0.1) is 5.92 Å². The summed E-state index contributed by atoms with van der Waals surface area (Å²) in [6, 6.07) is 15.4. The highest BCUT2D eigenvalue weighted by Gasteiger charge is 2.28. The van der Waals surface area contributed by atoms with Crippen LogP contribution in [-0.2, 0) is 18.4 Å². The van der Waals surface area contributed by atoms with Gasteiger partial charge >= 0.3 is 0 Å². The summed E-state index contributed by atoms with van der Waals surface area (Å²) >= 11 is 0. The van der Waals surface area contributed by atoms with Crippen molar-refractivity contribution in [3.05, 3.63) is 65.5 Å². The Kier molecular flexibility index (Phi) is 5.09. The van der Waals surface area contributed by atoms with Crippen molar-refractivity contribution in [2.45, 2.75) is 32.9 Å². The lowest BCUT2D eigenvalue weighted by Gasteiger charge is -2.23. The van der Waals surface area contributed by atoms with E-state index in [0.717, 1.165) is 28.0 Å². The summed E-state index contributed by atoms with van der Waals surface area (Å²) in [5.41, 5.74) is 3.73. The fraction of sp³-hybridized carbons (Fsp3) is 0.348. The van der Waals surface area contributed by atoms with E-state index in [4.69, 9.17) is 4.98 Å². The van der Waals surface area contributed by atoms with E-state index in [-0.39, 0.29) is 30.2 Å². The van der Waals surface area contributed by atoms with Gasteiger partial charge in [0.05, 0.1) is 17.1 Å². The van der Waals surface area contributed by atoms with Gasteiger partial charge in [-0.3, -0.25) is 9.59 Å². The normalized spacial score (nSPS) is 14.5. The number of imidazole rings is 1. The second-order valence-corrected chi connectivity index (χ2v) is 7.94. The smallest absolute Gasteiger partial charge is 0.254 e. The Labute approximate surface area is 170 Å². The van der Waals surface area contributed by atoms with Gasteiger partial charge in [-0.05, 0) is 29.7 Å². The molecule has 3 aromatic rings. The molecule has 1 aromatic heterocycles. The molecular formula is C23H26N4O2. The third kappa shape index (κ3) is 3.62. The lowest BCUT2D eigenvalue weighted by molar-refractivity contribution is -0.122. The number of hydrogen-bond donors (Lipinski definition) is 1. The van der Waals surface area contributed by atoms with Crippen molar-refractivity contribution in [1.29, 1.82) is 0 Å². The molecule has 2 aromatic carbocycles. The zero-order chi connectivity index (χ0) is 20.5. The SMILES string of the molecule is CC(C)C(NC(=O)CCN1Cc2ccccc2C1=O)c1nc2ccccc2n1C. The quantitative estimate of drug-likeness (QED) is 0.701. The van der Waals surface area contributed by atoms with Gasteiger partial charge in [-0.1, -0.05) is 44.2 Å². The fourth-order valence-electron chi connectivity index (χ4n) is 3.95. The van der Waals surface area contributed by atoms with Crippen molar-refractivity contribution in [3.63, 3.8) is 0 Å². The molecule has 1 N–H and O–H groups in total. The van der Waals surface area contributed by atoms with Gasteiger partial charge in [-0.15, -0.1) is 0 Å². The molecule has 0 spiro atoms. The average molecular weight is 390 g/mol. The Morgan fingerprint density at radius 2 is 1.86 bits per heavy atom. The van der Waals surface area contributed by atoms with Crippen LogP contribution in [-0.4, -0.2) is 32.8 Å². The standard InChI is InChI=1S/C23H26N4O2/c1-15(2)21(22-24-18-10-6-7-11-19(18)26(22)3)25-20(28)12-13-27-14-16-8-4-5-9-17(16)23(27)29/h4-11,15,21H,12-14H2,1-3H3,(H,25,28). The van der Waals surface area contributed by atoms with Gasteiger partial charge in [0.25, 0.3) is 5.91 Å². The van der Waals surface area contributed by atoms with Crippen LogP contribution in [0.15, 0.2) is 48.5 Å². The number of carbonyl (C=O) groups excluding carboxylic acids is 2. The maximum atomic E-state index is 12.7. The van der Waals surface area contributed by atoms with E-state index in [0.29, 0.717) is 13.1 Å². The number of para-hydroxylation sites is 2. The Bertz CT molecular complexity index is 1070. The minimum absolute atomic E-state index is 0.00385. The molecule has 150 valence electrons. The van der Waals surface area contributed by atoms with Crippen LogP contribution >= 0.6 is 0 Å². The van der Waals surface area contributed by atoms with Crippen LogP contribution in [0.1, 0.15) is 48.1 Å². The molecule has 1 unspecified atom stereocenters. The van der Waals surface area contributed by atoms with E-state index in [2.05, 4.69) is 19.2 Å². The summed E-state index contributed by atoms with van der Waals surface area (Å²) in [6.45, 7) is 5.13. The lowest BCUT2D eigenvalue weighted by atomic mass is 10.0. The van der Waals surface area contributed by atoms with Gasteiger partial charge in [0.1, 0.15) is 5.82 Å². The minimum Gasteiger partial charge on any atom is -0.346 e. The topological polar surface area (TPSA) is 67.2 Å². The number of nitrogens with one attached hydrogen (secondary N) is 1. The molecule has 29 heavy (non-hydrogen) atoms. The average Bonchev–Trinajstić information content (AvgIpc) is 3.22. The van der Waals surface area contributed by atoms with Crippen LogP contribution in [0.2, 0.25) is 0 Å². The first-order valence-electron chi connectivity index (χ1n) is 10.0. The Morgan fingerprint density at radius 3 is 2.59 bits per heavy atom. The van der Waals surface area contributed by atoms with Gasteiger partial charge < -0.3 is 14.8 Å². The first-order chi connectivity index (χ1) is 14.0. The Morgan fingerprint density at radius 1 is 1.14 bits per heavy atom. The second kappa shape index (κ2) is 7.70. The number of rotatable bonds is 6. The molecule has 6 heteroatoms. The van der Waals surface area contributed by atoms with E-state index in [1.54, 1.807) is 4.90 Å². The van der Waals surface area contributed by atoms with Crippen LogP contribution in [0.5, 0.6) is 0 Å². The van der Waals surface area contributed by atoms with Crippen LogP contribution in [0.3, 0.4) is 0 Å². The van der Waals surface area contributed by atoms with E-state index in [9.17, 15) is 9.59 Å². The molecule has 6 nitrogen and oxygen atoms in total. The van der Waals surface area contributed by atoms with Crippen molar-refractivity contribution < 1.29 is 9.59 Å². The van der Waals surface area contributed by atoms with E-state index < -0.39 is 0 Å². The van der Waals surface area contributed by atoms with Crippen molar-refractivity contribution in [1.82, 2.24) is 19.8 Å². The number of fused-ring (bicyclic) bond motifs is 2. The molecule has 1 aliphatic heterocycles. The minimum atomic E-state index is -0.189. The Hall–Kier alpha value is -3.15. The molecule has 2 amide bonds. The van der Waals surface area contributed by atoms with Gasteiger partial charge in [-0.2, -0.15) is 0 Å². The highest BCUT2D eigenvalue weighted by molar-refractivity contribution is 5.98. The number of aromatic nitrogens is 2. The maximum absolute atomic E-state index is 12.7. The zero-order valence-electron chi connectivity index (χ0n) is 17.1. The summed E-state index contributed by atoms with van der Waals surface area (Å²) in [4.78, 5) is 31.7. The van der Waals surface area contributed by atoms with E-state index in [1.807, 2.05) is 60.1 Å². The monoisotopic (exact) mass is 390 g/mol. The zero-order valence-corrected chi connectivity index (χ0v) is 17.1. The summed E-state index contributed by atoms with van der Waals surface area (Å²) in [6.07, 6.45) is 0.271. The molecular weight excluding hydrogens is 364 g/mol. The molecule has 0 aliphatic carbocycles. The summed E-state index contributed by atoms with van der Waals surface area (Å²) in [5.74, 6) is 0.968. The summed E-state index contributed by atoms with van der Waals surface area (Å²) < 4.78 is 2.04. The molecule has 0 fully saturated rings. The molecule has 0 saturated heterocycles. The number of benzene rings is 2. The van der Waals surface area contributed by atoms with Gasteiger partial charge in [-0.25, -0.2) is 4.98 Å². The third-order valence-electron chi connectivity index (χ3n) is 5.59. The Balaban J connectivity index is 1.43. The van der Waals surface area contributed by atoms with Crippen molar-refractivity contribution in [2.24, 2.45) is 13.0 Å². The predicted molar refractivity (Wildman–Crippen MR) is 112 cm³/mol. The first-order valence-corrected chi connectivity index (χ1v) is 10.0. The lowest BCUT2D eigenvalue weighted by Crippen LogP contribution is -2.36. The molecule has 2 heterocycles. The molecule has 0 bridgehead atoms. The highest BCUT2D eigenvalue weighted by atomic mass is 16.2. The van der Waals surface area contributed by atoms with Crippen LogP contribution in [0.4, 0.5) is 0 Å². The fourth-order valence-corrected chi connectivity index (χ4v) is 3.95. The highest BCUT2D eigenvalue weighted by Crippen LogP contribution is 2.25. The van der Waals surface area contributed by atoms with E-state index in [1.165, 1.54) is 0 Å². The van der Waals surface area contributed by atoms with Crippen molar-refractivity contribution in [3.8, 4) is 0 Å². The molecule has 4 rings (SSSR count). The number of nitrogens with zero attached hydrogens (tertiary/aromatic N) is 3. The largest absolute Gasteiger partial charge is 0.346 e. The number of hydrogen-bond acceptors (Lipinski definition) is 3. The van der Waals surface area contributed by atoms with Crippen LogP contribution < -0.4 is 5.32 Å². The number of aryl methyl sites for hydroxylation is 1. The van der Waals surface area contributed by atoms with Gasteiger partial charge in [0.2, 0.25) is 5.91 Å². The van der Waals surface area contributed by atoms with Crippen LogP contribution in [0.25, 0.3) is 11.0 Å². The third-order valence-corrected chi connectivity index (χ3v) is 5.59. The molecule has 1 atom stereocenters. The summed E-state index contributed by atoms with van der Waals surface area (Å²) in [7, 11) is 1.98. The van der Waals surface area contributed by atoms with E-state index >= 15 is 0 Å². The maximum Gasteiger partial charge on any atom is 0.254 e. The number of amides is 2. The van der Waals surface area contributed by atoms with Gasteiger partial charge in [0, 0.05) is 32.1 Å². The second-order valence-electron chi connectivity index (χ2n) is 7.94. The van der Waals surface area contributed by atoms with Crippen molar-refractivity contribution >= 4 is 22.8 Å².